The number of nitrogens with one attached hydrogen (secondary N) is 2. The van der Waals surface area contributed by atoms with Crippen LogP contribution in [-0.4, -0.2) is 28.6 Å². The van der Waals surface area contributed by atoms with Crippen molar-refractivity contribution >= 4 is 23.3 Å². The number of hydrogen-bond donors (Lipinski definition) is 3. The first kappa shape index (κ1) is 14.8. The second-order valence-electron chi connectivity index (χ2n) is 5.19. The minimum absolute atomic E-state index is 0.185. The summed E-state index contributed by atoms with van der Waals surface area (Å²) in [4.78, 5) is 27.3. The van der Waals surface area contributed by atoms with Crippen molar-refractivity contribution in [2.75, 3.05) is 6.54 Å². The summed E-state index contributed by atoms with van der Waals surface area (Å²) in [6.07, 6.45) is 3.09. The van der Waals surface area contributed by atoms with Gasteiger partial charge < -0.3 is 15.7 Å². The summed E-state index contributed by atoms with van der Waals surface area (Å²) in [5.41, 5.74) is 0.0330. The average molecular weight is 297 g/mol. The molecule has 1 aromatic rings. The molecule has 1 saturated carbocycles. The first-order chi connectivity index (χ1) is 9.52. The maximum absolute atomic E-state index is 11.7. The van der Waals surface area contributed by atoms with Crippen LogP contribution in [0.5, 0.6) is 0 Å². The van der Waals surface area contributed by atoms with Gasteiger partial charge in [0.15, 0.2) is 0 Å². The van der Waals surface area contributed by atoms with Gasteiger partial charge in [0.1, 0.15) is 0 Å². The number of aliphatic carboxylic acids is 1. The van der Waals surface area contributed by atoms with Crippen LogP contribution in [0, 0.1) is 12.3 Å². The summed E-state index contributed by atoms with van der Waals surface area (Å²) >= 11 is 1.53. The number of rotatable bonds is 5. The van der Waals surface area contributed by atoms with E-state index < -0.39 is 11.4 Å². The lowest BCUT2D eigenvalue weighted by molar-refractivity contribution is -0.148. The van der Waals surface area contributed by atoms with Gasteiger partial charge in [-0.15, -0.1) is 11.3 Å². The van der Waals surface area contributed by atoms with E-state index in [4.69, 9.17) is 0 Å². The molecule has 0 bridgehead atoms. The third-order valence-electron chi connectivity index (χ3n) is 3.70. The van der Waals surface area contributed by atoms with Gasteiger partial charge in [0.25, 0.3) is 0 Å². The number of carboxylic acids is 1. The molecule has 2 rings (SSSR count). The monoisotopic (exact) mass is 297 g/mol. The number of carbonyl (C=O) groups excluding carboxylic acids is 1. The predicted octanol–water partition coefficient (Wildman–Crippen LogP) is 1.90. The normalized spacial score (nSPS) is 16.9. The number of thiazole rings is 1. The third-order valence-corrected chi connectivity index (χ3v) is 4.52. The minimum Gasteiger partial charge on any atom is -0.481 e. The number of aryl methyl sites for hydroxylation is 1. The summed E-state index contributed by atoms with van der Waals surface area (Å²) < 4.78 is 0. The van der Waals surface area contributed by atoms with E-state index in [1.165, 1.54) is 11.3 Å². The van der Waals surface area contributed by atoms with E-state index >= 15 is 0 Å². The summed E-state index contributed by atoms with van der Waals surface area (Å²) in [5, 5.41) is 17.5. The fraction of sp³-hybridized carbons (Fsp3) is 0.615. The quantitative estimate of drug-likeness (QED) is 0.774. The van der Waals surface area contributed by atoms with Gasteiger partial charge in [-0.25, -0.2) is 9.78 Å². The van der Waals surface area contributed by atoms with E-state index in [1.807, 2.05) is 12.3 Å². The Morgan fingerprint density at radius 2 is 2.10 bits per heavy atom. The highest BCUT2D eigenvalue weighted by Crippen LogP contribution is 2.37. The largest absolute Gasteiger partial charge is 0.481 e. The smallest absolute Gasteiger partial charge is 0.315 e. The molecular formula is C13H19N3O3S. The van der Waals surface area contributed by atoms with Crippen LogP contribution in [0.1, 0.15) is 36.4 Å². The summed E-state index contributed by atoms with van der Waals surface area (Å²) in [6.45, 7) is 2.45. The Morgan fingerprint density at radius 3 is 2.65 bits per heavy atom. The molecule has 1 aliphatic rings. The molecular weight excluding hydrogens is 278 g/mol. The van der Waals surface area contributed by atoms with Crippen molar-refractivity contribution in [2.45, 2.75) is 39.2 Å². The second kappa shape index (κ2) is 6.21. The SMILES string of the molecule is Cc1nc(CNC(=O)NCC2(C(=O)O)CCCC2)cs1. The number of urea groups is 1. The fourth-order valence-electron chi connectivity index (χ4n) is 2.49. The van der Waals surface area contributed by atoms with Crippen LogP contribution in [0.4, 0.5) is 4.79 Å². The van der Waals surface area contributed by atoms with Gasteiger partial charge in [0.2, 0.25) is 0 Å². The lowest BCUT2D eigenvalue weighted by Crippen LogP contribution is -2.44. The molecule has 6 nitrogen and oxygen atoms in total. The zero-order chi connectivity index (χ0) is 14.6. The van der Waals surface area contributed by atoms with E-state index in [9.17, 15) is 14.7 Å². The van der Waals surface area contributed by atoms with E-state index in [-0.39, 0.29) is 12.6 Å². The van der Waals surface area contributed by atoms with Gasteiger partial charge >= 0.3 is 12.0 Å². The minimum atomic E-state index is -0.814. The lowest BCUT2D eigenvalue weighted by atomic mass is 9.86. The van der Waals surface area contributed by atoms with E-state index in [2.05, 4.69) is 15.6 Å². The van der Waals surface area contributed by atoms with Crippen LogP contribution in [-0.2, 0) is 11.3 Å². The van der Waals surface area contributed by atoms with E-state index in [1.54, 1.807) is 0 Å². The van der Waals surface area contributed by atoms with Crippen molar-refractivity contribution in [3.63, 3.8) is 0 Å². The molecule has 0 atom stereocenters. The second-order valence-corrected chi connectivity index (χ2v) is 6.25. The zero-order valence-corrected chi connectivity index (χ0v) is 12.3. The molecule has 7 heteroatoms. The maximum atomic E-state index is 11.7. The zero-order valence-electron chi connectivity index (χ0n) is 11.4. The Bertz CT molecular complexity index is 495. The first-order valence-corrected chi connectivity index (χ1v) is 7.56. The fourth-order valence-corrected chi connectivity index (χ4v) is 3.10. The van der Waals surface area contributed by atoms with Gasteiger partial charge in [-0.2, -0.15) is 0 Å². The van der Waals surface area contributed by atoms with E-state index in [0.29, 0.717) is 19.4 Å². The van der Waals surface area contributed by atoms with Crippen LogP contribution < -0.4 is 10.6 Å². The Balaban J connectivity index is 1.78. The highest BCUT2D eigenvalue weighted by Gasteiger charge is 2.41. The molecule has 1 fully saturated rings. The molecule has 0 unspecified atom stereocenters. The molecule has 0 aliphatic heterocycles. The number of hydrogen-bond acceptors (Lipinski definition) is 4. The van der Waals surface area contributed by atoms with Crippen molar-refractivity contribution in [1.29, 1.82) is 0 Å². The number of aromatic nitrogens is 1. The Kier molecular flexibility index (Phi) is 4.59. The number of carbonyl (C=O) groups is 2. The molecule has 1 aromatic heterocycles. The number of nitrogens with zero attached hydrogens (tertiary/aromatic N) is 1. The standard InChI is InChI=1S/C13H19N3O3S/c1-9-16-10(7-20-9)6-14-12(19)15-8-13(11(17)18)4-2-3-5-13/h7H,2-6,8H2,1H3,(H,17,18)(H2,14,15,19). The molecule has 3 N–H and O–H groups in total. The Morgan fingerprint density at radius 1 is 1.40 bits per heavy atom. The maximum Gasteiger partial charge on any atom is 0.315 e. The van der Waals surface area contributed by atoms with Crippen molar-refractivity contribution in [2.24, 2.45) is 5.41 Å². The molecule has 20 heavy (non-hydrogen) atoms. The molecule has 1 aliphatic carbocycles. The van der Waals surface area contributed by atoms with E-state index in [0.717, 1.165) is 23.5 Å². The van der Waals surface area contributed by atoms with Gasteiger partial charge in [-0.1, -0.05) is 12.8 Å². The first-order valence-electron chi connectivity index (χ1n) is 6.68. The average Bonchev–Trinajstić information content (AvgIpc) is 3.03. The highest BCUT2D eigenvalue weighted by atomic mass is 32.1. The van der Waals surface area contributed by atoms with Gasteiger partial charge in [0.05, 0.1) is 22.7 Å². The molecule has 0 saturated heterocycles. The topological polar surface area (TPSA) is 91.3 Å². The third kappa shape index (κ3) is 3.47. The molecule has 110 valence electrons. The summed E-state index contributed by atoms with van der Waals surface area (Å²) in [5.74, 6) is -0.814. The van der Waals surface area contributed by atoms with Gasteiger partial charge in [-0.3, -0.25) is 4.79 Å². The summed E-state index contributed by atoms with van der Waals surface area (Å²) in [7, 11) is 0. The van der Waals surface area contributed by atoms with Crippen molar-refractivity contribution in [3.8, 4) is 0 Å². The van der Waals surface area contributed by atoms with Crippen LogP contribution in [0.2, 0.25) is 0 Å². The lowest BCUT2D eigenvalue weighted by Gasteiger charge is -2.23. The Hall–Kier alpha value is -1.63. The molecule has 1 heterocycles. The molecule has 2 amide bonds. The van der Waals surface area contributed by atoms with Crippen molar-refractivity contribution in [1.82, 2.24) is 15.6 Å². The van der Waals surface area contributed by atoms with Crippen LogP contribution in [0.3, 0.4) is 0 Å². The van der Waals surface area contributed by atoms with Crippen molar-refractivity contribution < 1.29 is 14.7 Å². The van der Waals surface area contributed by atoms with Gasteiger partial charge in [0, 0.05) is 11.9 Å². The number of carboxylic acid groups (broad SMARTS) is 1. The van der Waals surface area contributed by atoms with Crippen LogP contribution >= 0.6 is 11.3 Å². The highest BCUT2D eigenvalue weighted by molar-refractivity contribution is 7.09. The summed E-state index contributed by atoms with van der Waals surface area (Å²) in [6, 6.07) is -0.344. The van der Waals surface area contributed by atoms with Crippen molar-refractivity contribution in [3.05, 3.63) is 16.1 Å². The number of amides is 2. The molecule has 0 spiro atoms. The van der Waals surface area contributed by atoms with Crippen LogP contribution in [0.15, 0.2) is 5.38 Å². The molecule has 0 radical (unpaired) electrons. The molecule has 0 aromatic carbocycles. The Labute approximate surface area is 121 Å². The predicted molar refractivity (Wildman–Crippen MR) is 75.6 cm³/mol. The van der Waals surface area contributed by atoms with Crippen LogP contribution in [0.25, 0.3) is 0 Å². The van der Waals surface area contributed by atoms with Gasteiger partial charge in [-0.05, 0) is 19.8 Å².